The van der Waals surface area contributed by atoms with Gasteiger partial charge in [0.05, 0.1) is 15.7 Å². The zero-order chi connectivity index (χ0) is 24.7. The van der Waals surface area contributed by atoms with Crippen LogP contribution < -0.4 is 5.32 Å². The van der Waals surface area contributed by atoms with E-state index in [1.54, 1.807) is 13.0 Å². The van der Waals surface area contributed by atoms with Crippen LogP contribution in [0.3, 0.4) is 0 Å². The molecule has 1 N–H and O–H groups in total. The fraction of sp³-hybridized carbons (Fsp3) is 0.480. The molecular weight excluding hydrogens is 484 g/mol. The molecule has 3 heterocycles. The number of anilines is 1. The highest BCUT2D eigenvalue weighted by Crippen LogP contribution is 2.38. The quantitative estimate of drug-likeness (QED) is 0.495. The second kappa shape index (κ2) is 9.48. The number of benzene rings is 1. The second-order valence-corrected chi connectivity index (χ2v) is 12.8. The fourth-order valence-corrected chi connectivity index (χ4v) is 7.58. The number of sulfonamides is 1. The molecule has 1 amide bonds. The highest BCUT2D eigenvalue weighted by Gasteiger charge is 2.35. The van der Waals surface area contributed by atoms with Gasteiger partial charge in [-0.15, -0.1) is 11.3 Å². The normalized spacial score (nSPS) is 19.5. The third-order valence-corrected chi connectivity index (χ3v) is 10.3. The van der Waals surface area contributed by atoms with Crippen LogP contribution in [0.25, 0.3) is 10.7 Å². The van der Waals surface area contributed by atoms with Gasteiger partial charge in [-0.25, -0.2) is 8.42 Å². The van der Waals surface area contributed by atoms with Gasteiger partial charge in [-0.1, -0.05) is 17.6 Å². The van der Waals surface area contributed by atoms with Crippen LogP contribution in [0.4, 0.5) is 5.69 Å². The molecule has 10 heteroatoms. The number of amides is 1. The molecule has 0 bridgehead atoms. The molecule has 35 heavy (non-hydrogen) atoms. The summed E-state index contributed by atoms with van der Waals surface area (Å²) in [6, 6.07) is 7.43. The smallest absolute Gasteiger partial charge is 0.244 e. The van der Waals surface area contributed by atoms with Crippen LogP contribution in [0.15, 0.2) is 33.7 Å². The molecule has 1 aliphatic heterocycles. The van der Waals surface area contributed by atoms with Crippen LogP contribution in [0.5, 0.6) is 0 Å². The van der Waals surface area contributed by atoms with Crippen molar-refractivity contribution in [3.63, 3.8) is 0 Å². The lowest BCUT2D eigenvalue weighted by Gasteiger charge is -2.31. The van der Waals surface area contributed by atoms with Crippen molar-refractivity contribution in [1.29, 1.82) is 0 Å². The van der Waals surface area contributed by atoms with Gasteiger partial charge in [-0.2, -0.15) is 9.29 Å². The number of thiophene rings is 1. The Bertz CT molecular complexity index is 1360. The number of nitrogens with zero attached hydrogens (tertiary/aromatic N) is 3. The van der Waals surface area contributed by atoms with Crippen molar-refractivity contribution in [3.8, 4) is 10.7 Å². The average Bonchev–Trinajstić information content (AvgIpc) is 3.42. The van der Waals surface area contributed by atoms with E-state index >= 15 is 0 Å². The summed E-state index contributed by atoms with van der Waals surface area (Å²) < 4.78 is 34.0. The van der Waals surface area contributed by atoms with Crippen LogP contribution in [0.1, 0.15) is 59.9 Å². The predicted octanol–water partition coefficient (Wildman–Crippen LogP) is 5.03. The Kier molecular flexibility index (Phi) is 6.54. The Morgan fingerprint density at radius 3 is 2.63 bits per heavy atom. The van der Waals surface area contributed by atoms with E-state index in [2.05, 4.69) is 15.5 Å². The van der Waals surface area contributed by atoms with Gasteiger partial charge < -0.3 is 9.84 Å². The van der Waals surface area contributed by atoms with Crippen molar-refractivity contribution in [3.05, 3.63) is 46.2 Å². The van der Waals surface area contributed by atoms with Gasteiger partial charge in [0.15, 0.2) is 0 Å². The molecule has 8 nitrogen and oxygen atoms in total. The molecule has 2 aliphatic rings. The van der Waals surface area contributed by atoms with Gasteiger partial charge in [-0.3, -0.25) is 4.79 Å². The molecule has 1 saturated carbocycles. The van der Waals surface area contributed by atoms with Gasteiger partial charge >= 0.3 is 0 Å². The summed E-state index contributed by atoms with van der Waals surface area (Å²) in [4.78, 5) is 19.1. The number of carbonyl (C=O) groups is 1. The lowest BCUT2D eigenvalue weighted by Crippen LogP contribution is -2.43. The third kappa shape index (κ3) is 4.79. The number of aryl methyl sites for hydroxylation is 3. The molecule has 5 rings (SSSR count). The molecule has 1 saturated heterocycles. The van der Waals surface area contributed by atoms with Gasteiger partial charge in [0.2, 0.25) is 27.6 Å². The summed E-state index contributed by atoms with van der Waals surface area (Å²) >= 11 is 1.35. The maximum absolute atomic E-state index is 13.6. The van der Waals surface area contributed by atoms with E-state index in [-0.39, 0.29) is 17.3 Å². The Morgan fingerprint density at radius 2 is 1.91 bits per heavy atom. The SMILES string of the molecule is Cc1ccc(NC(=O)[C@H]2CCCN(S(=O)(=O)c3cc(-c4noc(C5CCC5)n4)sc3C)C2)cc1C. The van der Waals surface area contributed by atoms with Crippen LogP contribution in [0.2, 0.25) is 0 Å². The summed E-state index contributed by atoms with van der Waals surface area (Å²) in [5, 5.41) is 7.05. The molecule has 1 aromatic carbocycles. The van der Waals surface area contributed by atoms with Crippen molar-refractivity contribution in [2.45, 2.75) is 63.7 Å². The summed E-state index contributed by atoms with van der Waals surface area (Å²) in [5.41, 5.74) is 2.99. The number of hydrogen-bond donors (Lipinski definition) is 1. The molecule has 1 atom stereocenters. The van der Waals surface area contributed by atoms with Crippen molar-refractivity contribution < 1.29 is 17.7 Å². The van der Waals surface area contributed by atoms with Crippen LogP contribution in [-0.2, 0) is 14.8 Å². The van der Waals surface area contributed by atoms with Crippen molar-refractivity contribution in [1.82, 2.24) is 14.4 Å². The lowest BCUT2D eigenvalue weighted by atomic mass is 9.85. The molecule has 0 unspecified atom stereocenters. The van der Waals surface area contributed by atoms with E-state index in [0.29, 0.717) is 46.8 Å². The molecular formula is C25H30N4O4S2. The highest BCUT2D eigenvalue weighted by molar-refractivity contribution is 7.89. The maximum atomic E-state index is 13.6. The van der Waals surface area contributed by atoms with Gasteiger partial charge in [-0.05, 0) is 75.8 Å². The van der Waals surface area contributed by atoms with Crippen LogP contribution in [-0.4, -0.2) is 41.9 Å². The third-order valence-electron chi connectivity index (χ3n) is 7.14. The number of nitrogens with one attached hydrogen (secondary N) is 1. The molecule has 0 radical (unpaired) electrons. The Labute approximate surface area is 209 Å². The minimum atomic E-state index is -3.76. The molecule has 2 fully saturated rings. The minimum absolute atomic E-state index is 0.147. The first-order valence-corrected chi connectivity index (χ1v) is 14.3. The number of rotatable bonds is 6. The van der Waals surface area contributed by atoms with Gasteiger partial charge in [0, 0.05) is 29.6 Å². The second-order valence-electron chi connectivity index (χ2n) is 9.61. The minimum Gasteiger partial charge on any atom is -0.339 e. The van der Waals surface area contributed by atoms with Crippen molar-refractivity contribution in [2.75, 3.05) is 18.4 Å². The predicted molar refractivity (Wildman–Crippen MR) is 135 cm³/mol. The summed E-state index contributed by atoms with van der Waals surface area (Å²) in [7, 11) is -3.76. The fourth-order valence-electron chi connectivity index (χ4n) is 4.57. The van der Waals surface area contributed by atoms with Gasteiger partial charge in [0.25, 0.3) is 0 Å². The molecule has 186 valence electrons. The Hall–Kier alpha value is -2.56. The first-order chi connectivity index (χ1) is 16.7. The van der Waals surface area contributed by atoms with Crippen molar-refractivity contribution in [2.24, 2.45) is 5.92 Å². The van der Waals surface area contributed by atoms with Crippen LogP contribution in [0, 0.1) is 26.7 Å². The van der Waals surface area contributed by atoms with Crippen LogP contribution >= 0.6 is 11.3 Å². The lowest BCUT2D eigenvalue weighted by molar-refractivity contribution is -0.120. The highest BCUT2D eigenvalue weighted by atomic mass is 32.2. The summed E-state index contributed by atoms with van der Waals surface area (Å²) in [5.74, 6) is 0.842. The zero-order valence-electron chi connectivity index (χ0n) is 20.2. The number of aromatic nitrogens is 2. The number of piperidine rings is 1. The van der Waals surface area contributed by atoms with E-state index in [1.165, 1.54) is 22.1 Å². The summed E-state index contributed by atoms with van der Waals surface area (Å²) in [6.45, 7) is 6.38. The average molecular weight is 515 g/mol. The number of hydrogen-bond acceptors (Lipinski definition) is 7. The summed E-state index contributed by atoms with van der Waals surface area (Å²) in [6.07, 6.45) is 4.57. The van der Waals surface area contributed by atoms with E-state index in [9.17, 15) is 13.2 Å². The first-order valence-electron chi connectivity index (χ1n) is 12.0. The number of carbonyl (C=O) groups excluding carboxylic acids is 1. The molecule has 2 aromatic heterocycles. The van der Waals surface area contributed by atoms with E-state index in [4.69, 9.17) is 4.52 Å². The standard InChI is InChI=1S/C25H30N4O4S2/c1-15-9-10-20(12-16(15)2)26-24(30)19-8-5-11-29(14-19)35(31,32)22-13-21(34-17(22)3)23-27-25(33-28-23)18-6-4-7-18/h9-10,12-13,18-19H,4-8,11,14H2,1-3H3,(H,26,30)/t19-/m0/s1. The largest absolute Gasteiger partial charge is 0.339 e. The van der Waals surface area contributed by atoms with E-state index in [1.807, 2.05) is 32.0 Å². The molecule has 3 aromatic rings. The topological polar surface area (TPSA) is 105 Å². The zero-order valence-corrected chi connectivity index (χ0v) is 21.8. The maximum Gasteiger partial charge on any atom is 0.244 e. The van der Waals surface area contributed by atoms with E-state index in [0.717, 1.165) is 29.7 Å². The molecule has 1 aliphatic carbocycles. The monoisotopic (exact) mass is 514 g/mol. The Morgan fingerprint density at radius 1 is 1.11 bits per heavy atom. The van der Waals surface area contributed by atoms with E-state index < -0.39 is 15.9 Å². The van der Waals surface area contributed by atoms with Gasteiger partial charge in [0.1, 0.15) is 0 Å². The first kappa shape index (κ1) is 24.1. The molecule has 0 spiro atoms. The Balaban J connectivity index is 1.31. The van der Waals surface area contributed by atoms with Crippen molar-refractivity contribution >= 4 is 33.0 Å².